The molecule has 0 radical (unpaired) electrons. The molecule has 2 heterocycles. The summed E-state index contributed by atoms with van der Waals surface area (Å²) in [7, 11) is 0. The first kappa shape index (κ1) is 12.9. The Hall–Kier alpha value is -1.56. The zero-order valence-electron chi connectivity index (χ0n) is 10.9. The van der Waals surface area contributed by atoms with E-state index in [1.54, 1.807) is 6.92 Å². The van der Waals surface area contributed by atoms with Crippen molar-refractivity contribution in [3.63, 3.8) is 0 Å². The molecule has 0 bridgehead atoms. The minimum absolute atomic E-state index is 0.199. The molecule has 100 valence electrons. The fourth-order valence-electron chi connectivity index (χ4n) is 1.90. The monoisotopic (exact) mass is 254 g/mol. The third-order valence-electron chi connectivity index (χ3n) is 2.85. The second-order valence-electron chi connectivity index (χ2n) is 4.75. The van der Waals surface area contributed by atoms with E-state index in [1.807, 2.05) is 18.7 Å². The predicted molar refractivity (Wildman–Crippen MR) is 64.7 cm³/mol. The number of hydrogen-bond acceptors (Lipinski definition) is 6. The molecule has 0 amide bonds. The molecule has 0 aliphatic carbocycles. The maximum absolute atomic E-state index is 11.5. The minimum Gasteiger partial charge on any atom is -0.461 e. The van der Waals surface area contributed by atoms with Crippen LogP contribution < -0.4 is 4.90 Å². The summed E-state index contributed by atoms with van der Waals surface area (Å²) in [5.41, 5.74) is 0.00354. The van der Waals surface area contributed by atoms with Crippen LogP contribution >= 0.6 is 0 Å². The van der Waals surface area contributed by atoms with Crippen LogP contribution in [0.4, 0.5) is 6.01 Å². The SMILES string of the molecule is CCOC(=O)c1coc(N2CCOCC2(C)C)n1. The molecule has 2 rings (SSSR count). The second-order valence-corrected chi connectivity index (χ2v) is 4.75. The first-order chi connectivity index (χ1) is 8.54. The number of oxazole rings is 1. The van der Waals surface area contributed by atoms with E-state index in [0.29, 0.717) is 32.4 Å². The van der Waals surface area contributed by atoms with Gasteiger partial charge in [0.1, 0.15) is 6.26 Å². The zero-order chi connectivity index (χ0) is 13.2. The van der Waals surface area contributed by atoms with Crippen molar-refractivity contribution in [3.8, 4) is 0 Å². The third kappa shape index (κ3) is 2.48. The Morgan fingerprint density at radius 3 is 3.06 bits per heavy atom. The normalized spacial score (nSPS) is 18.7. The van der Waals surface area contributed by atoms with Crippen LogP contribution in [-0.4, -0.2) is 42.9 Å². The lowest BCUT2D eigenvalue weighted by Gasteiger charge is -2.40. The average Bonchev–Trinajstić information content (AvgIpc) is 2.78. The van der Waals surface area contributed by atoms with Gasteiger partial charge in [-0.05, 0) is 20.8 Å². The standard InChI is InChI=1S/C12H18N2O4/c1-4-17-10(15)9-7-18-11(13-9)14-5-6-16-8-12(14,2)3/h7H,4-6,8H2,1-3H3. The molecular formula is C12H18N2O4. The number of ether oxygens (including phenoxy) is 2. The van der Waals surface area contributed by atoms with Crippen LogP contribution in [-0.2, 0) is 9.47 Å². The average molecular weight is 254 g/mol. The number of aromatic nitrogens is 1. The van der Waals surface area contributed by atoms with Crippen LogP contribution in [0.5, 0.6) is 0 Å². The maximum Gasteiger partial charge on any atom is 0.360 e. The molecule has 1 aromatic heterocycles. The van der Waals surface area contributed by atoms with Crippen molar-refractivity contribution in [1.82, 2.24) is 4.98 Å². The Morgan fingerprint density at radius 2 is 2.39 bits per heavy atom. The van der Waals surface area contributed by atoms with Crippen molar-refractivity contribution in [3.05, 3.63) is 12.0 Å². The number of anilines is 1. The van der Waals surface area contributed by atoms with Gasteiger partial charge in [0, 0.05) is 6.54 Å². The van der Waals surface area contributed by atoms with Crippen molar-refractivity contribution in [2.24, 2.45) is 0 Å². The lowest BCUT2D eigenvalue weighted by molar-refractivity contribution is 0.0519. The van der Waals surface area contributed by atoms with Crippen molar-refractivity contribution >= 4 is 12.0 Å². The molecule has 0 unspecified atom stereocenters. The van der Waals surface area contributed by atoms with E-state index >= 15 is 0 Å². The van der Waals surface area contributed by atoms with Gasteiger partial charge in [0.15, 0.2) is 5.69 Å². The number of hydrogen-bond donors (Lipinski definition) is 0. The third-order valence-corrected chi connectivity index (χ3v) is 2.85. The van der Waals surface area contributed by atoms with E-state index in [2.05, 4.69) is 4.98 Å². The molecule has 1 aromatic rings. The molecule has 0 saturated carbocycles. The van der Waals surface area contributed by atoms with Gasteiger partial charge in [0.25, 0.3) is 6.01 Å². The topological polar surface area (TPSA) is 64.8 Å². The Balaban J connectivity index is 2.16. The summed E-state index contributed by atoms with van der Waals surface area (Å²) in [6.07, 6.45) is 1.33. The fourth-order valence-corrected chi connectivity index (χ4v) is 1.90. The molecule has 1 aliphatic heterocycles. The van der Waals surface area contributed by atoms with Gasteiger partial charge in [-0.3, -0.25) is 0 Å². The lowest BCUT2D eigenvalue weighted by atomic mass is 10.0. The first-order valence-corrected chi connectivity index (χ1v) is 6.02. The molecular weight excluding hydrogens is 236 g/mol. The highest BCUT2D eigenvalue weighted by Crippen LogP contribution is 2.26. The summed E-state index contributed by atoms with van der Waals surface area (Å²) in [4.78, 5) is 17.7. The van der Waals surface area contributed by atoms with Gasteiger partial charge < -0.3 is 18.8 Å². The van der Waals surface area contributed by atoms with Crippen molar-refractivity contribution < 1.29 is 18.7 Å². The molecule has 1 fully saturated rings. The summed E-state index contributed by atoms with van der Waals surface area (Å²) in [5.74, 6) is -0.460. The highest BCUT2D eigenvalue weighted by molar-refractivity contribution is 5.87. The Labute approximate surface area is 106 Å². The van der Waals surface area contributed by atoms with Crippen LogP contribution in [0.15, 0.2) is 10.7 Å². The van der Waals surface area contributed by atoms with E-state index in [9.17, 15) is 4.79 Å². The van der Waals surface area contributed by atoms with Gasteiger partial charge in [0.2, 0.25) is 0 Å². The smallest absolute Gasteiger partial charge is 0.360 e. The lowest BCUT2D eigenvalue weighted by Crippen LogP contribution is -2.53. The molecule has 0 atom stereocenters. The molecule has 1 aliphatic rings. The van der Waals surface area contributed by atoms with Gasteiger partial charge in [-0.2, -0.15) is 4.98 Å². The van der Waals surface area contributed by atoms with Crippen LogP contribution in [0.25, 0.3) is 0 Å². The van der Waals surface area contributed by atoms with E-state index in [0.717, 1.165) is 0 Å². The Kier molecular flexibility index (Phi) is 3.56. The van der Waals surface area contributed by atoms with Gasteiger partial charge in [-0.15, -0.1) is 0 Å². The number of carbonyl (C=O) groups excluding carboxylic acids is 1. The number of morpholine rings is 1. The van der Waals surface area contributed by atoms with Crippen LogP contribution in [0.3, 0.4) is 0 Å². The number of esters is 1. The van der Waals surface area contributed by atoms with Crippen molar-refractivity contribution in [1.29, 1.82) is 0 Å². The largest absolute Gasteiger partial charge is 0.461 e. The van der Waals surface area contributed by atoms with Crippen LogP contribution in [0.2, 0.25) is 0 Å². The van der Waals surface area contributed by atoms with E-state index < -0.39 is 5.97 Å². The molecule has 1 saturated heterocycles. The number of carbonyl (C=O) groups is 1. The second kappa shape index (κ2) is 4.97. The highest BCUT2D eigenvalue weighted by Gasteiger charge is 2.34. The van der Waals surface area contributed by atoms with Gasteiger partial charge >= 0.3 is 5.97 Å². The summed E-state index contributed by atoms with van der Waals surface area (Å²) in [6, 6.07) is 0.436. The number of nitrogens with zero attached hydrogens (tertiary/aromatic N) is 2. The quantitative estimate of drug-likeness (QED) is 0.761. The maximum atomic E-state index is 11.5. The summed E-state index contributed by atoms with van der Waals surface area (Å²) >= 11 is 0. The molecule has 0 spiro atoms. The van der Waals surface area contributed by atoms with Crippen LogP contribution in [0.1, 0.15) is 31.3 Å². The number of rotatable bonds is 3. The molecule has 6 heteroatoms. The molecule has 6 nitrogen and oxygen atoms in total. The van der Waals surface area contributed by atoms with E-state index in [1.165, 1.54) is 6.26 Å². The predicted octanol–water partition coefficient (Wildman–Crippen LogP) is 1.47. The van der Waals surface area contributed by atoms with Gasteiger partial charge in [-0.25, -0.2) is 4.79 Å². The van der Waals surface area contributed by atoms with Gasteiger partial charge in [-0.1, -0.05) is 0 Å². The Bertz CT molecular complexity index is 427. The zero-order valence-corrected chi connectivity index (χ0v) is 10.9. The Morgan fingerprint density at radius 1 is 1.61 bits per heavy atom. The summed E-state index contributed by atoms with van der Waals surface area (Å²) in [5, 5.41) is 0. The minimum atomic E-state index is -0.460. The van der Waals surface area contributed by atoms with Gasteiger partial charge in [0.05, 0.1) is 25.4 Å². The van der Waals surface area contributed by atoms with Crippen molar-refractivity contribution in [2.75, 3.05) is 31.3 Å². The molecule has 0 aromatic carbocycles. The van der Waals surface area contributed by atoms with E-state index in [-0.39, 0.29) is 11.2 Å². The summed E-state index contributed by atoms with van der Waals surface area (Å²) in [6.45, 7) is 8.08. The van der Waals surface area contributed by atoms with Crippen LogP contribution in [0, 0.1) is 0 Å². The molecule has 0 N–H and O–H groups in total. The fraction of sp³-hybridized carbons (Fsp3) is 0.667. The summed E-state index contributed by atoms with van der Waals surface area (Å²) < 4.78 is 15.7. The molecule has 18 heavy (non-hydrogen) atoms. The van der Waals surface area contributed by atoms with Crippen molar-refractivity contribution in [2.45, 2.75) is 26.3 Å². The van der Waals surface area contributed by atoms with E-state index in [4.69, 9.17) is 13.9 Å². The highest BCUT2D eigenvalue weighted by atomic mass is 16.5. The first-order valence-electron chi connectivity index (χ1n) is 6.02.